The Balaban J connectivity index is 1.69. The molecule has 0 bridgehead atoms. The van der Waals surface area contributed by atoms with Gasteiger partial charge < -0.3 is 9.64 Å². The van der Waals surface area contributed by atoms with Gasteiger partial charge in [0.2, 0.25) is 10.0 Å². The number of rotatable bonds is 7. The molecule has 6 nitrogen and oxygen atoms in total. The molecule has 0 fully saturated rings. The van der Waals surface area contributed by atoms with E-state index in [0.29, 0.717) is 17.9 Å². The summed E-state index contributed by atoms with van der Waals surface area (Å²) in [5.41, 5.74) is 2.76. The normalized spacial score (nSPS) is 16.1. The second-order valence-electron chi connectivity index (χ2n) is 7.06. The van der Waals surface area contributed by atoms with Crippen molar-refractivity contribution in [2.24, 2.45) is 0 Å². The van der Waals surface area contributed by atoms with Crippen molar-refractivity contribution < 1.29 is 17.9 Å². The van der Waals surface area contributed by atoms with Gasteiger partial charge in [-0.3, -0.25) is 4.79 Å². The van der Waals surface area contributed by atoms with E-state index in [1.54, 1.807) is 24.0 Å². The van der Waals surface area contributed by atoms with Gasteiger partial charge in [0.25, 0.3) is 5.91 Å². The molecule has 28 heavy (non-hydrogen) atoms. The predicted molar refractivity (Wildman–Crippen MR) is 109 cm³/mol. The van der Waals surface area contributed by atoms with Crippen molar-refractivity contribution in [3.05, 3.63) is 53.6 Å². The molecule has 0 spiro atoms. The fourth-order valence-electron chi connectivity index (χ4n) is 3.43. The van der Waals surface area contributed by atoms with E-state index in [1.165, 1.54) is 6.07 Å². The number of para-hydroxylation sites is 1. The van der Waals surface area contributed by atoms with Gasteiger partial charge in [-0.15, -0.1) is 0 Å². The lowest BCUT2D eigenvalue weighted by Gasteiger charge is -2.23. The van der Waals surface area contributed by atoms with Gasteiger partial charge in [0.1, 0.15) is 5.75 Å². The lowest BCUT2D eigenvalue weighted by molar-refractivity contribution is -0.120. The Morgan fingerprint density at radius 1 is 1.25 bits per heavy atom. The average Bonchev–Trinajstić information content (AvgIpc) is 3.01. The van der Waals surface area contributed by atoms with Crippen LogP contribution >= 0.6 is 0 Å². The minimum absolute atomic E-state index is 0.0896. The predicted octanol–water partition coefficient (Wildman–Crippen LogP) is 3.04. The van der Waals surface area contributed by atoms with Crippen LogP contribution in [0.3, 0.4) is 0 Å². The van der Waals surface area contributed by atoms with Crippen LogP contribution in [-0.2, 0) is 21.2 Å². The van der Waals surface area contributed by atoms with Crippen molar-refractivity contribution in [2.75, 3.05) is 18.1 Å². The van der Waals surface area contributed by atoms with Crippen molar-refractivity contribution in [3.8, 4) is 5.75 Å². The first kappa shape index (κ1) is 20.4. The van der Waals surface area contributed by atoms with E-state index >= 15 is 0 Å². The van der Waals surface area contributed by atoms with E-state index < -0.39 is 10.0 Å². The van der Waals surface area contributed by atoms with Crippen LogP contribution in [0, 0.1) is 6.92 Å². The number of nitrogens with one attached hydrogen (secondary N) is 1. The second-order valence-corrected chi connectivity index (χ2v) is 8.83. The fourth-order valence-corrected chi connectivity index (χ4v) is 4.64. The third-order valence-corrected chi connectivity index (χ3v) is 6.28. The van der Waals surface area contributed by atoms with Crippen LogP contribution in [0.2, 0.25) is 0 Å². The molecule has 0 radical (unpaired) electrons. The quantitative estimate of drug-likeness (QED) is 0.772. The molecule has 1 amide bonds. The number of sulfonamides is 1. The summed E-state index contributed by atoms with van der Waals surface area (Å²) in [5.74, 6) is 0.390. The molecule has 1 heterocycles. The molecule has 1 unspecified atom stereocenters. The number of amides is 1. The molecule has 1 N–H and O–H groups in total. The Morgan fingerprint density at radius 3 is 2.71 bits per heavy atom. The van der Waals surface area contributed by atoms with Crippen LogP contribution in [0.1, 0.15) is 31.4 Å². The van der Waals surface area contributed by atoms with Gasteiger partial charge in [0, 0.05) is 18.3 Å². The maximum absolute atomic E-state index is 12.7. The van der Waals surface area contributed by atoms with E-state index in [-0.39, 0.29) is 23.5 Å². The summed E-state index contributed by atoms with van der Waals surface area (Å²) in [6.45, 7) is 5.99. The van der Waals surface area contributed by atoms with E-state index in [9.17, 15) is 13.2 Å². The Bertz CT molecular complexity index is 972. The zero-order valence-corrected chi connectivity index (χ0v) is 17.3. The minimum atomic E-state index is -3.53. The van der Waals surface area contributed by atoms with Crippen LogP contribution < -0.4 is 14.4 Å². The molecule has 7 heteroatoms. The van der Waals surface area contributed by atoms with E-state index in [0.717, 1.165) is 24.1 Å². The number of aryl methyl sites for hydroxylation is 1. The lowest BCUT2D eigenvalue weighted by atomic mass is 10.1. The van der Waals surface area contributed by atoms with E-state index in [4.69, 9.17) is 4.74 Å². The number of ether oxygens (including phenoxy) is 1. The minimum Gasteiger partial charge on any atom is -0.483 e. The zero-order valence-electron chi connectivity index (χ0n) is 16.4. The van der Waals surface area contributed by atoms with Gasteiger partial charge in [-0.05, 0) is 62.1 Å². The highest BCUT2D eigenvalue weighted by Crippen LogP contribution is 2.32. The average molecular weight is 403 g/mol. The maximum Gasteiger partial charge on any atom is 0.265 e. The largest absolute Gasteiger partial charge is 0.483 e. The molecule has 1 aliphatic heterocycles. The van der Waals surface area contributed by atoms with Gasteiger partial charge >= 0.3 is 0 Å². The standard InChI is InChI=1S/C21H26N2O4S/c1-4-11-22-28(25,26)18-9-10-20(15(2)12-18)27-14-21(24)23-16(3)13-17-7-5-6-8-19(17)23/h5-10,12,16,22H,4,11,13-14H2,1-3H3. The lowest BCUT2D eigenvalue weighted by Crippen LogP contribution is -2.39. The number of nitrogens with zero attached hydrogens (tertiary/aromatic N) is 1. The summed E-state index contributed by atoms with van der Waals surface area (Å²) in [7, 11) is -3.53. The number of anilines is 1. The zero-order chi connectivity index (χ0) is 20.3. The Morgan fingerprint density at radius 2 is 2.00 bits per heavy atom. The topological polar surface area (TPSA) is 75.7 Å². The molecule has 150 valence electrons. The van der Waals surface area contributed by atoms with Crippen molar-refractivity contribution >= 4 is 21.6 Å². The summed E-state index contributed by atoms with van der Waals surface area (Å²) in [4.78, 5) is 14.7. The molecular weight excluding hydrogens is 376 g/mol. The molecule has 0 saturated heterocycles. The molecule has 0 aromatic heterocycles. The van der Waals surface area contributed by atoms with E-state index in [2.05, 4.69) is 4.72 Å². The second kappa shape index (κ2) is 8.32. The van der Waals surface area contributed by atoms with Gasteiger partial charge in [-0.2, -0.15) is 0 Å². The molecule has 3 rings (SSSR count). The highest BCUT2D eigenvalue weighted by Gasteiger charge is 2.30. The van der Waals surface area contributed by atoms with E-state index in [1.807, 2.05) is 38.1 Å². The molecule has 2 aromatic carbocycles. The Labute approximate surface area is 166 Å². The van der Waals surface area contributed by atoms with Crippen LogP contribution in [0.4, 0.5) is 5.69 Å². The third kappa shape index (κ3) is 4.20. The molecule has 0 aliphatic carbocycles. The van der Waals surface area contributed by atoms with Gasteiger partial charge in [0.15, 0.2) is 6.61 Å². The monoisotopic (exact) mass is 402 g/mol. The number of hydrogen-bond donors (Lipinski definition) is 1. The van der Waals surface area contributed by atoms with Crippen LogP contribution in [-0.4, -0.2) is 33.5 Å². The molecule has 0 saturated carbocycles. The Hall–Kier alpha value is -2.38. The molecule has 1 atom stereocenters. The van der Waals surface area contributed by atoms with Crippen molar-refractivity contribution in [1.29, 1.82) is 0 Å². The first-order valence-corrected chi connectivity index (χ1v) is 10.9. The fraction of sp³-hybridized carbons (Fsp3) is 0.381. The number of carbonyl (C=O) groups excluding carboxylic acids is 1. The molecule has 1 aliphatic rings. The summed E-state index contributed by atoms with van der Waals surface area (Å²) < 4.78 is 32.7. The smallest absolute Gasteiger partial charge is 0.265 e. The van der Waals surface area contributed by atoms with Crippen LogP contribution in [0.25, 0.3) is 0 Å². The van der Waals surface area contributed by atoms with Gasteiger partial charge in [-0.25, -0.2) is 13.1 Å². The number of fused-ring (bicyclic) bond motifs is 1. The first-order chi connectivity index (χ1) is 13.3. The summed E-state index contributed by atoms with van der Waals surface area (Å²) >= 11 is 0. The van der Waals surface area contributed by atoms with Gasteiger partial charge in [-0.1, -0.05) is 25.1 Å². The maximum atomic E-state index is 12.7. The Kier molecular flexibility index (Phi) is 6.05. The summed E-state index contributed by atoms with van der Waals surface area (Å²) in [6.07, 6.45) is 1.55. The van der Waals surface area contributed by atoms with Crippen molar-refractivity contribution in [3.63, 3.8) is 0 Å². The summed E-state index contributed by atoms with van der Waals surface area (Å²) in [5, 5.41) is 0. The van der Waals surface area contributed by atoms with Gasteiger partial charge in [0.05, 0.1) is 4.90 Å². The van der Waals surface area contributed by atoms with Crippen molar-refractivity contribution in [1.82, 2.24) is 4.72 Å². The molecular formula is C21H26N2O4S. The number of benzene rings is 2. The number of carbonyl (C=O) groups is 1. The first-order valence-electron chi connectivity index (χ1n) is 9.46. The SMILES string of the molecule is CCCNS(=O)(=O)c1ccc(OCC(=O)N2c3ccccc3CC2C)c(C)c1. The molecule has 2 aromatic rings. The van der Waals surface area contributed by atoms with Crippen LogP contribution in [0.5, 0.6) is 5.75 Å². The number of hydrogen-bond acceptors (Lipinski definition) is 4. The highest BCUT2D eigenvalue weighted by molar-refractivity contribution is 7.89. The highest BCUT2D eigenvalue weighted by atomic mass is 32.2. The van der Waals surface area contributed by atoms with Crippen molar-refractivity contribution in [2.45, 2.75) is 44.6 Å². The third-order valence-electron chi connectivity index (χ3n) is 4.83. The van der Waals surface area contributed by atoms with Crippen LogP contribution in [0.15, 0.2) is 47.4 Å². The summed E-state index contributed by atoms with van der Waals surface area (Å²) in [6, 6.07) is 12.6.